The van der Waals surface area contributed by atoms with Crippen LogP contribution in [0.3, 0.4) is 0 Å². The smallest absolute Gasteiger partial charge is 0.305 e. The lowest BCUT2D eigenvalue weighted by atomic mass is 9.92. The van der Waals surface area contributed by atoms with Crippen LogP contribution in [0.4, 0.5) is 8.78 Å². The van der Waals surface area contributed by atoms with Crippen LogP contribution < -0.4 is 10.6 Å². The Morgan fingerprint density at radius 3 is 2.24 bits per heavy atom. The molecule has 0 saturated carbocycles. The third-order valence-corrected chi connectivity index (χ3v) is 6.12. The summed E-state index contributed by atoms with van der Waals surface area (Å²) < 4.78 is 29.9. The molecule has 2 aromatic carbocycles. The Morgan fingerprint density at radius 1 is 0.974 bits per heavy atom. The molecule has 200 valence electrons. The van der Waals surface area contributed by atoms with Gasteiger partial charge in [-0.05, 0) is 72.7 Å². The summed E-state index contributed by atoms with van der Waals surface area (Å²) in [5.74, 6) is -5.04. The molecule has 2 atom stereocenters. The van der Waals surface area contributed by atoms with Crippen molar-refractivity contribution in [3.8, 4) is 11.1 Å². The molecular formula is C29H31F2N3O4. The molecule has 0 unspecified atom stereocenters. The Bertz CT molecular complexity index is 1310. The van der Waals surface area contributed by atoms with E-state index in [-0.39, 0.29) is 23.6 Å². The second-order valence-electron chi connectivity index (χ2n) is 9.66. The van der Waals surface area contributed by atoms with Crippen LogP contribution >= 0.6 is 0 Å². The number of aromatic nitrogens is 1. The fourth-order valence-electron chi connectivity index (χ4n) is 4.40. The first-order valence-electron chi connectivity index (χ1n) is 12.3. The van der Waals surface area contributed by atoms with Crippen LogP contribution in [0.5, 0.6) is 0 Å². The Labute approximate surface area is 220 Å². The van der Waals surface area contributed by atoms with E-state index in [2.05, 4.69) is 15.6 Å². The molecule has 1 aromatic heterocycles. The molecular weight excluding hydrogens is 492 g/mol. The number of carbonyl (C=O) groups excluding carboxylic acids is 2. The number of halogens is 2. The molecule has 3 N–H and O–H groups in total. The average Bonchev–Trinajstić information content (AvgIpc) is 2.85. The molecule has 9 heteroatoms. The Hall–Kier alpha value is -4.14. The second kappa shape index (κ2) is 12.4. The normalized spacial score (nSPS) is 12.6. The fraction of sp³-hybridized carbons (Fsp3) is 0.310. The highest BCUT2D eigenvalue weighted by Crippen LogP contribution is 2.33. The van der Waals surface area contributed by atoms with Crippen LogP contribution in [0.1, 0.15) is 59.9 Å². The number of carbonyl (C=O) groups is 3. The summed E-state index contributed by atoms with van der Waals surface area (Å²) in [7, 11) is 0. The lowest BCUT2D eigenvalue weighted by Crippen LogP contribution is -2.48. The van der Waals surface area contributed by atoms with Crippen LogP contribution in [-0.2, 0) is 9.59 Å². The van der Waals surface area contributed by atoms with Crippen LogP contribution in [0.25, 0.3) is 11.1 Å². The zero-order chi connectivity index (χ0) is 28.0. The van der Waals surface area contributed by atoms with Gasteiger partial charge in [-0.25, -0.2) is 8.78 Å². The van der Waals surface area contributed by atoms with Crippen LogP contribution in [-0.4, -0.2) is 33.9 Å². The van der Waals surface area contributed by atoms with Gasteiger partial charge in [0.05, 0.1) is 12.5 Å². The zero-order valence-corrected chi connectivity index (χ0v) is 21.7. The second-order valence-corrected chi connectivity index (χ2v) is 9.66. The topological polar surface area (TPSA) is 108 Å². The van der Waals surface area contributed by atoms with Crippen molar-refractivity contribution in [2.75, 3.05) is 0 Å². The molecule has 2 amide bonds. The Morgan fingerprint density at radius 2 is 1.66 bits per heavy atom. The Kier molecular flexibility index (Phi) is 9.28. The Balaban J connectivity index is 1.98. The summed E-state index contributed by atoms with van der Waals surface area (Å²) in [5.41, 5.74) is 2.52. The largest absolute Gasteiger partial charge is 0.481 e. The maximum atomic E-state index is 15.1. The first-order valence-corrected chi connectivity index (χ1v) is 12.3. The molecule has 0 bridgehead atoms. The molecule has 0 spiro atoms. The van der Waals surface area contributed by atoms with Crippen molar-refractivity contribution >= 4 is 17.8 Å². The maximum Gasteiger partial charge on any atom is 0.305 e. The number of pyridine rings is 1. The molecule has 38 heavy (non-hydrogen) atoms. The monoisotopic (exact) mass is 523 g/mol. The van der Waals surface area contributed by atoms with Gasteiger partial charge in [-0.2, -0.15) is 0 Å². The zero-order valence-electron chi connectivity index (χ0n) is 21.7. The number of benzene rings is 2. The van der Waals surface area contributed by atoms with E-state index in [1.807, 2.05) is 45.9 Å². The number of carboxylic acids is 1. The van der Waals surface area contributed by atoms with Gasteiger partial charge in [0, 0.05) is 11.8 Å². The number of rotatable bonds is 10. The van der Waals surface area contributed by atoms with Gasteiger partial charge >= 0.3 is 5.97 Å². The van der Waals surface area contributed by atoms with Crippen molar-refractivity contribution in [3.05, 3.63) is 88.7 Å². The predicted molar refractivity (Wildman–Crippen MR) is 139 cm³/mol. The minimum absolute atomic E-state index is 0.0192. The number of amides is 2. The van der Waals surface area contributed by atoms with E-state index in [0.29, 0.717) is 11.1 Å². The van der Waals surface area contributed by atoms with Crippen LogP contribution in [0.2, 0.25) is 0 Å². The SMILES string of the molecule is Cc1cccc(C)c1-c1cc(F)c(F)c([C@H](CC(=O)O)NC(=O)[C@H](CC(C)C)NC(=O)c2ccccn2)c1. The van der Waals surface area contributed by atoms with Gasteiger partial charge < -0.3 is 15.7 Å². The number of aliphatic carboxylic acids is 1. The first-order chi connectivity index (χ1) is 18.0. The molecule has 0 saturated heterocycles. The molecule has 0 aliphatic carbocycles. The average molecular weight is 524 g/mol. The molecule has 0 radical (unpaired) electrons. The molecule has 7 nitrogen and oxygen atoms in total. The molecule has 0 aliphatic rings. The van der Waals surface area contributed by atoms with E-state index in [9.17, 15) is 23.9 Å². The van der Waals surface area contributed by atoms with E-state index in [0.717, 1.165) is 17.2 Å². The van der Waals surface area contributed by atoms with Gasteiger partial charge in [0.25, 0.3) is 5.91 Å². The highest BCUT2D eigenvalue weighted by molar-refractivity contribution is 5.96. The highest BCUT2D eigenvalue weighted by Gasteiger charge is 2.29. The van der Waals surface area contributed by atoms with Crippen molar-refractivity contribution in [3.63, 3.8) is 0 Å². The minimum Gasteiger partial charge on any atom is -0.481 e. The van der Waals surface area contributed by atoms with E-state index in [1.165, 1.54) is 18.3 Å². The fourth-order valence-corrected chi connectivity index (χ4v) is 4.40. The predicted octanol–water partition coefficient (Wildman–Crippen LogP) is 5.12. The summed E-state index contributed by atoms with van der Waals surface area (Å²) in [6.07, 6.45) is 0.972. The van der Waals surface area contributed by atoms with E-state index in [1.54, 1.807) is 12.1 Å². The molecule has 3 aromatic rings. The lowest BCUT2D eigenvalue weighted by Gasteiger charge is -2.25. The van der Waals surface area contributed by atoms with Crippen molar-refractivity contribution in [2.24, 2.45) is 5.92 Å². The standard InChI is InChI=1S/C29H31F2N3O4/c1-16(2)12-24(34-28(37)22-10-5-6-11-32-22)29(38)33-23(15-25(35)36)20-13-19(14-21(30)27(20)31)26-17(3)8-7-9-18(26)4/h5-11,13-14,16,23-24H,12,15H2,1-4H3,(H,33,38)(H,34,37)(H,35,36)/t23-,24-/m0/s1. The third kappa shape index (κ3) is 7.00. The molecule has 0 fully saturated rings. The first kappa shape index (κ1) is 28.4. The minimum atomic E-state index is -1.39. The molecule has 1 heterocycles. The van der Waals surface area contributed by atoms with Crippen molar-refractivity contribution in [1.29, 1.82) is 0 Å². The van der Waals surface area contributed by atoms with Crippen LogP contribution in [0, 0.1) is 31.4 Å². The number of hydrogen-bond acceptors (Lipinski definition) is 4. The number of nitrogens with one attached hydrogen (secondary N) is 2. The van der Waals surface area contributed by atoms with Crippen molar-refractivity contribution < 1.29 is 28.3 Å². The van der Waals surface area contributed by atoms with Gasteiger partial charge in [0.1, 0.15) is 11.7 Å². The highest BCUT2D eigenvalue weighted by atomic mass is 19.2. The van der Waals surface area contributed by atoms with Gasteiger partial charge in [-0.1, -0.05) is 38.1 Å². The summed E-state index contributed by atoms with van der Waals surface area (Å²) in [6.45, 7) is 7.37. The van der Waals surface area contributed by atoms with E-state index < -0.39 is 47.9 Å². The number of hydrogen-bond donors (Lipinski definition) is 3. The summed E-state index contributed by atoms with van der Waals surface area (Å²) in [6, 6.07) is 10.3. The van der Waals surface area contributed by atoms with Gasteiger partial charge in [0.2, 0.25) is 5.91 Å². The number of carboxylic acid groups (broad SMARTS) is 1. The summed E-state index contributed by atoms with van der Waals surface area (Å²) >= 11 is 0. The van der Waals surface area contributed by atoms with Crippen LogP contribution in [0.15, 0.2) is 54.7 Å². The number of nitrogens with zero attached hydrogens (tertiary/aromatic N) is 1. The molecule has 0 aliphatic heterocycles. The third-order valence-electron chi connectivity index (χ3n) is 6.12. The quantitative estimate of drug-likeness (QED) is 0.342. The summed E-state index contributed by atoms with van der Waals surface area (Å²) in [4.78, 5) is 41.7. The van der Waals surface area contributed by atoms with Gasteiger partial charge in [-0.15, -0.1) is 0 Å². The van der Waals surface area contributed by atoms with Crippen molar-refractivity contribution in [2.45, 2.75) is 52.6 Å². The maximum absolute atomic E-state index is 15.1. The van der Waals surface area contributed by atoms with Gasteiger partial charge in [0.15, 0.2) is 11.6 Å². The van der Waals surface area contributed by atoms with Crippen molar-refractivity contribution in [1.82, 2.24) is 15.6 Å². The number of aryl methyl sites for hydroxylation is 2. The summed E-state index contributed by atoms with van der Waals surface area (Å²) in [5, 5.41) is 14.7. The lowest BCUT2D eigenvalue weighted by molar-refractivity contribution is -0.137. The molecule has 3 rings (SSSR count). The van der Waals surface area contributed by atoms with E-state index >= 15 is 4.39 Å². The van der Waals surface area contributed by atoms with Gasteiger partial charge in [-0.3, -0.25) is 19.4 Å². The van der Waals surface area contributed by atoms with E-state index in [4.69, 9.17) is 0 Å².